The van der Waals surface area contributed by atoms with Gasteiger partial charge in [-0.2, -0.15) is 0 Å². The van der Waals surface area contributed by atoms with Gasteiger partial charge in [-0.1, -0.05) is 18.2 Å². The van der Waals surface area contributed by atoms with E-state index >= 15 is 0 Å². The molecule has 5 aliphatic heterocycles. The normalized spacial score (nSPS) is 35.5. The zero-order valence-corrected chi connectivity index (χ0v) is 17.1. The lowest BCUT2D eigenvalue weighted by Gasteiger charge is -2.45. The molecule has 7 rings (SSSR count). The van der Waals surface area contributed by atoms with Crippen LogP contribution in [-0.4, -0.2) is 59.2 Å². The van der Waals surface area contributed by atoms with Crippen LogP contribution in [-0.2, 0) is 22.7 Å². The van der Waals surface area contributed by atoms with Crippen LogP contribution < -0.4 is 10.6 Å². The Morgan fingerprint density at radius 3 is 2.67 bits per heavy atom. The standard InChI is InChI=1S/C23H28N4O3/c28-20-7-6-19(22(29)25-20)27-10-15-3-1-2-14(21(15)23(27)30)9-26-11-16-13-4-5-18(24-8-13)17(16)12-26/h1-3,13,16-19,24H,4-12H2,(H,25,28,29). The fraction of sp³-hybridized carbons (Fsp3) is 0.609. The summed E-state index contributed by atoms with van der Waals surface area (Å²) in [5.41, 5.74) is 2.85. The second-order valence-electron chi connectivity index (χ2n) is 9.73. The molecule has 30 heavy (non-hydrogen) atoms. The third-order valence-corrected chi connectivity index (χ3v) is 8.13. The van der Waals surface area contributed by atoms with Gasteiger partial charge in [0.1, 0.15) is 6.04 Å². The van der Waals surface area contributed by atoms with Crippen molar-refractivity contribution in [2.24, 2.45) is 17.8 Å². The summed E-state index contributed by atoms with van der Waals surface area (Å²) >= 11 is 0. The highest BCUT2D eigenvalue weighted by Crippen LogP contribution is 2.44. The lowest BCUT2D eigenvalue weighted by atomic mass is 9.68. The van der Waals surface area contributed by atoms with Gasteiger partial charge in [-0.25, -0.2) is 0 Å². The van der Waals surface area contributed by atoms with Crippen LogP contribution in [0.3, 0.4) is 0 Å². The molecule has 1 saturated carbocycles. The summed E-state index contributed by atoms with van der Waals surface area (Å²) in [6, 6.07) is 6.21. The Morgan fingerprint density at radius 1 is 1.03 bits per heavy atom. The molecule has 1 aromatic rings. The fourth-order valence-electron chi connectivity index (χ4n) is 6.69. The lowest BCUT2D eigenvalue weighted by molar-refractivity contribution is -0.136. The summed E-state index contributed by atoms with van der Waals surface area (Å²) in [5, 5.41) is 6.11. The number of amides is 3. The number of rotatable bonds is 3. The van der Waals surface area contributed by atoms with Crippen LogP contribution in [0.5, 0.6) is 0 Å². The molecule has 2 bridgehead atoms. The first kappa shape index (κ1) is 18.5. The Kier molecular flexibility index (Phi) is 4.25. The van der Waals surface area contributed by atoms with Crippen LogP contribution in [0.15, 0.2) is 18.2 Å². The molecule has 5 atom stereocenters. The molecule has 1 aliphatic carbocycles. The van der Waals surface area contributed by atoms with Crippen molar-refractivity contribution in [2.45, 2.75) is 50.9 Å². The molecule has 3 amide bonds. The number of imide groups is 1. The predicted octanol–water partition coefficient (Wildman–Crippen LogP) is 0.877. The number of hydrogen-bond acceptors (Lipinski definition) is 5. The van der Waals surface area contributed by atoms with Crippen molar-refractivity contribution in [1.29, 1.82) is 0 Å². The Morgan fingerprint density at radius 2 is 1.90 bits per heavy atom. The van der Waals surface area contributed by atoms with E-state index < -0.39 is 6.04 Å². The zero-order valence-electron chi connectivity index (χ0n) is 17.1. The fourth-order valence-corrected chi connectivity index (χ4v) is 6.69. The summed E-state index contributed by atoms with van der Waals surface area (Å²) in [4.78, 5) is 41.3. The van der Waals surface area contributed by atoms with Gasteiger partial charge in [-0.3, -0.25) is 24.6 Å². The van der Waals surface area contributed by atoms with E-state index in [0.717, 1.165) is 54.1 Å². The molecule has 2 N–H and O–H groups in total. The number of nitrogens with zero attached hydrogens (tertiary/aromatic N) is 2. The third-order valence-electron chi connectivity index (χ3n) is 8.13. The first-order valence-corrected chi connectivity index (χ1v) is 11.3. The first-order chi connectivity index (χ1) is 14.6. The van der Waals surface area contributed by atoms with E-state index in [0.29, 0.717) is 19.0 Å². The van der Waals surface area contributed by atoms with Crippen molar-refractivity contribution in [3.05, 3.63) is 34.9 Å². The van der Waals surface area contributed by atoms with Crippen molar-refractivity contribution in [1.82, 2.24) is 20.4 Å². The number of likely N-dealkylation sites (tertiary alicyclic amines) is 1. The zero-order chi connectivity index (χ0) is 20.4. The van der Waals surface area contributed by atoms with E-state index in [1.807, 2.05) is 12.1 Å². The number of piperidine rings is 3. The molecule has 0 aromatic heterocycles. The quantitative estimate of drug-likeness (QED) is 0.726. The van der Waals surface area contributed by atoms with Gasteiger partial charge in [0, 0.05) is 44.2 Å². The average Bonchev–Trinajstić information content (AvgIpc) is 3.32. The molecule has 7 nitrogen and oxygen atoms in total. The molecule has 0 radical (unpaired) electrons. The maximum Gasteiger partial charge on any atom is 0.255 e. The number of carbonyl (C=O) groups is 3. The molecule has 0 spiro atoms. The summed E-state index contributed by atoms with van der Waals surface area (Å²) in [7, 11) is 0. The van der Waals surface area contributed by atoms with E-state index in [1.54, 1.807) is 4.90 Å². The third kappa shape index (κ3) is 2.82. The molecular weight excluding hydrogens is 380 g/mol. The van der Waals surface area contributed by atoms with Gasteiger partial charge in [0.2, 0.25) is 11.8 Å². The van der Waals surface area contributed by atoms with E-state index in [1.165, 1.54) is 19.4 Å². The monoisotopic (exact) mass is 408 g/mol. The Bertz CT molecular complexity index is 903. The Labute approximate surface area is 176 Å². The SMILES string of the molecule is O=C1CCC(N2Cc3cccc(CN4CC5C6CCC(NC6)C5C4)c3C2=O)C(=O)N1. The lowest BCUT2D eigenvalue weighted by Crippen LogP contribution is -2.54. The highest BCUT2D eigenvalue weighted by Gasteiger charge is 2.48. The van der Waals surface area contributed by atoms with Gasteiger partial charge in [-0.15, -0.1) is 0 Å². The largest absolute Gasteiger partial charge is 0.322 e. The summed E-state index contributed by atoms with van der Waals surface area (Å²) in [6.07, 6.45) is 3.36. The predicted molar refractivity (Wildman–Crippen MR) is 109 cm³/mol. The smallest absolute Gasteiger partial charge is 0.255 e. The van der Waals surface area contributed by atoms with Crippen LogP contribution in [0.25, 0.3) is 0 Å². The molecule has 1 aromatic carbocycles. The summed E-state index contributed by atoms with van der Waals surface area (Å²) < 4.78 is 0. The first-order valence-electron chi connectivity index (χ1n) is 11.3. The molecule has 5 unspecified atom stereocenters. The molecule has 6 aliphatic rings. The van der Waals surface area contributed by atoms with Crippen molar-refractivity contribution < 1.29 is 14.4 Å². The maximum atomic E-state index is 13.3. The van der Waals surface area contributed by atoms with Crippen molar-refractivity contribution in [2.75, 3.05) is 19.6 Å². The van der Waals surface area contributed by atoms with E-state index in [9.17, 15) is 14.4 Å². The van der Waals surface area contributed by atoms with Gasteiger partial charge >= 0.3 is 0 Å². The van der Waals surface area contributed by atoms with Crippen LogP contribution in [0.1, 0.15) is 47.2 Å². The summed E-state index contributed by atoms with van der Waals surface area (Å²) in [6.45, 7) is 4.65. The van der Waals surface area contributed by atoms with E-state index in [4.69, 9.17) is 0 Å². The van der Waals surface area contributed by atoms with E-state index in [2.05, 4.69) is 21.6 Å². The molecule has 5 heterocycles. The molecule has 158 valence electrons. The average molecular weight is 409 g/mol. The molecule has 7 heteroatoms. The van der Waals surface area contributed by atoms with Crippen LogP contribution >= 0.6 is 0 Å². The number of carbonyl (C=O) groups excluding carboxylic acids is 3. The Balaban J connectivity index is 1.21. The van der Waals surface area contributed by atoms with Crippen LogP contribution in [0.2, 0.25) is 0 Å². The highest BCUT2D eigenvalue weighted by atomic mass is 16.2. The maximum absolute atomic E-state index is 13.3. The molecular formula is C23H28N4O3. The van der Waals surface area contributed by atoms with Crippen LogP contribution in [0, 0.1) is 17.8 Å². The van der Waals surface area contributed by atoms with Crippen molar-refractivity contribution in [3.63, 3.8) is 0 Å². The van der Waals surface area contributed by atoms with Crippen molar-refractivity contribution >= 4 is 17.7 Å². The van der Waals surface area contributed by atoms with Gasteiger partial charge in [-0.05, 0) is 54.7 Å². The van der Waals surface area contributed by atoms with Crippen LogP contribution in [0.4, 0.5) is 0 Å². The van der Waals surface area contributed by atoms with Gasteiger partial charge in [0.05, 0.1) is 0 Å². The minimum atomic E-state index is -0.549. The number of benzene rings is 1. The second-order valence-corrected chi connectivity index (χ2v) is 9.73. The van der Waals surface area contributed by atoms with Gasteiger partial charge in [0.15, 0.2) is 0 Å². The number of fused-ring (bicyclic) bond motifs is 3. The van der Waals surface area contributed by atoms with Gasteiger partial charge in [0.25, 0.3) is 5.91 Å². The highest BCUT2D eigenvalue weighted by molar-refractivity contribution is 6.05. The minimum absolute atomic E-state index is 0.0616. The second kappa shape index (κ2) is 6.89. The number of hydrogen-bond donors (Lipinski definition) is 2. The minimum Gasteiger partial charge on any atom is -0.322 e. The molecule has 4 saturated heterocycles. The van der Waals surface area contributed by atoms with Crippen molar-refractivity contribution in [3.8, 4) is 0 Å². The topological polar surface area (TPSA) is 81.8 Å². The molecule has 5 fully saturated rings. The van der Waals surface area contributed by atoms with E-state index in [-0.39, 0.29) is 24.1 Å². The summed E-state index contributed by atoms with van der Waals surface area (Å²) in [5.74, 6) is 1.67. The van der Waals surface area contributed by atoms with Gasteiger partial charge < -0.3 is 10.2 Å². The Hall–Kier alpha value is -2.25. The number of nitrogens with one attached hydrogen (secondary N) is 2.